The first-order chi connectivity index (χ1) is 15.4. The lowest BCUT2D eigenvalue weighted by atomic mass is 10.2. The van der Waals surface area contributed by atoms with E-state index in [4.69, 9.17) is 27.3 Å². The van der Waals surface area contributed by atoms with Gasteiger partial charge in [-0.15, -0.1) is 0 Å². The van der Waals surface area contributed by atoms with Crippen LogP contribution in [0.25, 0.3) is 22.1 Å². The van der Waals surface area contributed by atoms with E-state index >= 15 is 0 Å². The van der Waals surface area contributed by atoms with Gasteiger partial charge in [0.05, 0.1) is 15.8 Å². The first-order valence-corrected chi connectivity index (χ1v) is 11.7. The minimum absolute atomic E-state index is 0.297. The topological polar surface area (TPSA) is 119 Å². The monoisotopic (exact) mass is 468 g/mol. The largest absolute Gasteiger partial charge is 0.355 e. The van der Waals surface area contributed by atoms with Gasteiger partial charge in [-0.1, -0.05) is 18.5 Å². The average Bonchev–Trinajstić information content (AvgIpc) is 3.12. The van der Waals surface area contributed by atoms with E-state index in [1.807, 2.05) is 7.05 Å². The number of nitrogens with one attached hydrogen (secondary N) is 1. The summed E-state index contributed by atoms with van der Waals surface area (Å²) in [7, 11) is 1.81. The number of nitrogens with two attached hydrogens (primary N) is 1. The lowest BCUT2D eigenvalue weighted by Crippen LogP contribution is -2.29. The quantitative estimate of drug-likeness (QED) is 0.438. The molecule has 9 nitrogen and oxygen atoms in total. The van der Waals surface area contributed by atoms with Crippen molar-refractivity contribution in [3.63, 3.8) is 0 Å². The molecule has 0 spiro atoms. The van der Waals surface area contributed by atoms with Gasteiger partial charge in [0.2, 0.25) is 0 Å². The summed E-state index contributed by atoms with van der Waals surface area (Å²) in [4.78, 5) is 36.6. The minimum Gasteiger partial charge on any atom is -0.355 e. The number of halogens is 1. The third-order valence-corrected chi connectivity index (χ3v) is 7.74. The van der Waals surface area contributed by atoms with Crippen molar-refractivity contribution in [3.8, 4) is 0 Å². The van der Waals surface area contributed by atoms with Crippen LogP contribution < -0.4 is 16.2 Å². The Balaban J connectivity index is 1.43. The van der Waals surface area contributed by atoms with Crippen molar-refractivity contribution in [2.24, 2.45) is 24.6 Å². The van der Waals surface area contributed by atoms with Gasteiger partial charge >= 0.3 is 0 Å². The van der Waals surface area contributed by atoms with Crippen molar-refractivity contribution in [1.29, 1.82) is 0 Å². The van der Waals surface area contributed by atoms with Gasteiger partial charge < -0.3 is 20.2 Å². The van der Waals surface area contributed by atoms with Gasteiger partial charge in [-0.2, -0.15) is 4.98 Å². The summed E-state index contributed by atoms with van der Waals surface area (Å²) in [6.07, 6.45) is 3.97. The molecule has 0 radical (unpaired) electrons. The number of fused-ring (bicyclic) bond motifs is 3. The zero-order valence-corrected chi connectivity index (χ0v) is 19.1. The smallest absolute Gasteiger partial charge is 0.282 e. The lowest BCUT2D eigenvalue weighted by molar-refractivity contribution is 0.732. The average molecular weight is 469 g/mol. The number of aromatic amines is 1. The highest BCUT2D eigenvalue weighted by Gasteiger charge is 2.54. The Hall–Kier alpha value is -2.69. The number of aromatic nitrogens is 6. The summed E-state index contributed by atoms with van der Waals surface area (Å²) in [6, 6.07) is 2.09. The van der Waals surface area contributed by atoms with E-state index in [1.54, 1.807) is 16.8 Å². The summed E-state index contributed by atoms with van der Waals surface area (Å²) in [6.45, 7) is 3.81. The molecular weight excluding hydrogens is 448 g/mol. The van der Waals surface area contributed by atoms with Gasteiger partial charge in [0.1, 0.15) is 23.4 Å². The fourth-order valence-electron chi connectivity index (χ4n) is 4.63. The van der Waals surface area contributed by atoms with Crippen LogP contribution in [0.4, 0.5) is 5.82 Å². The molecule has 4 aromatic rings. The van der Waals surface area contributed by atoms with Crippen molar-refractivity contribution >= 4 is 51.2 Å². The molecule has 11 heteroatoms. The fraction of sp³-hybridized carbons (Fsp3) is 0.381. The lowest BCUT2D eigenvalue weighted by Gasteiger charge is -2.21. The highest BCUT2D eigenvalue weighted by molar-refractivity contribution is 7.99. The van der Waals surface area contributed by atoms with Gasteiger partial charge in [0, 0.05) is 43.0 Å². The van der Waals surface area contributed by atoms with Crippen LogP contribution in [-0.2, 0) is 13.5 Å². The highest BCUT2D eigenvalue weighted by atomic mass is 35.5. The second kappa shape index (κ2) is 7.16. The van der Waals surface area contributed by atoms with Crippen LogP contribution in [0.5, 0.6) is 0 Å². The fourth-order valence-corrected chi connectivity index (χ4v) is 5.75. The van der Waals surface area contributed by atoms with Crippen LogP contribution in [0.3, 0.4) is 0 Å². The molecule has 2 fully saturated rings. The van der Waals surface area contributed by atoms with Crippen LogP contribution >= 0.6 is 23.4 Å². The Kier molecular flexibility index (Phi) is 4.46. The second-order valence-corrected chi connectivity index (χ2v) is 9.86. The Bertz CT molecular complexity index is 1440. The van der Waals surface area contributed by atoms with E-state index in [0.717, 1.165) is 47.0 Å². The van der Waals surface area contributed by atoms with Crippen LogP contribution in [0.1, 0.15) is 12.6 Å². The van der Waals surface area contributed by atoms with E-state index in [9.17, 15) is 4.79 Å². The SMILES string of the molecule is CCc1[nH]c2nc(Sc3cnc4c(c3)c(=O)ncn4C)nc(N3C[C@@H]4C(N)[C@@H]4C3)c2c1Cl. The first kappa shape index (κ1) is 20.0. The Labute approximate surface area is 192 Å². The van der Waals surface area contributed by atoms with Crippen molar-refractivity contribution in [2.45, 2.75) is 29.4 Å². The van der Waals surface area contributed by atoms with E-state index in [2.05, 4.69) is 26.8 Å². The number of aryl methyl sites for hydroxylation is 2. The molecule has 4 aromatic heterocycles. The standard InChI is InChI=1S/C21H21ClN8OS/c1-3-13-15(22)14-17(26-13)27-21(28-19(14)30-6-11-12(7-30)16(11)23)32-9-4-10-18(24-5-9)29(2)8-25-20(10)31/h4-5,8,11-12,16H,3,6-7,23H2,1-2H3,(H,26,27,28)/t11-,12+,16?. The predicted octanol–water partition coefficient (Wildman–Crippen LogP) is 2.36. The molecule has 2 aliphatic rings. The Morgan fingerprint density at radius 2 is 2.06 bits per heavy atom. The molecule has 1 unspecified atom stereocenters. The van der Waals surface area contributed by atoms with Crippen molar-refractivity contribution in [3.05, 3.63) is 39.7 Å². The summed E-state index contributed by atoms with van der Waals surface area (Å²) in [5, 5.41) is 2.57. The molecule has 0 aromatic carbocycles. The molecule has 164 valence electrons. The van der Waals surface area contributed by atoms with E-state index in [1.165, 1.54) is 18.1 Å². The summed E-state index contributed by atoms with van der Waals surface area (Å²) in [5.74, 6) is 1.88. The second-order valence-electron chi connectivity index (χ2n) is 8.44. The number of piperidine rings is 1. The third-order valence-electron chi connectivity index (χ3n) is 6.50. The molecule has 1 saturated heterocycles. The Morgan fingerprint density at radius 3 is 2.81 bits per heavy atom. The molecule has 1 saturated carbocycles. The molecule has 3 atom stereocenters. The highest BCUT2D eigenvalue weighted by Crippen LogP contribution is 2.47. The van der Waals surface area contributed by atoms with E-state index < -0.39 is 0 Å². The third kappa shape index (κ3) is 3.01. The summed E-state index contributed by atoms with van der Waals surface area (Å²) < 4.78 is 1.72. The van der Waals surface area contributed by atoms with Crippen LogP contribution in [0, 0.1) is 11.8 Å². The maximum Gasteiger partial charge on any atom is 0.282 e. The molecule has 0 amide bonds. The van der Waals surface area contributed by atoms with Crippen molar-refractivity contribution < 1.29 is 0 Å². The molecule has 32 heavy (non-hydrogen) atoms. The number of H-pyrrole nitrogens is 1. The molecule has 1 aliphatic carbocycles. The summed E-state index contributed by atoms with van der Waals surface area (Å²) in [5.41, 5.74) is 8.09. The van der Waals surface area contributed by atoms with Crippen LogP contribution in [0.15, 0.2) is 33.4 Å². The zero-order chi connectivity index (χ0) is 22.1. The molecule has 3 N–H and O–H groups in total. The summed E-state index contributed by atoms with van der Waals surface area (Å²) >= 11 is 8.07. The molecule has 5 heterocycles. The maximum atomic E-state index is 12.2. The number of pyridine rings is 1. The molecule has 0 bridgehead atoms. The van der Waals surface area contributed by atoms with Gasteiger partial charge in [0.25, 0.3) is 5.56 Å². The first-order valence-electron chi connectivity index (χ1n) is 10.5. The van der Waals surface area contributed by atoms with Crippen molar-refractivity contribution in [1.82, 2.24) is 29.5 Å². The molecular formula is C21H21ClN8OS. The van der Waals surface area contributed by atoms with Crippen molar-refractivity contribution in [2.75, 3.05) is 18.0 Å². The molecule has 6 rings (SSSR count). The van der Waals surface area contributed by atoms with E-state index in [0.29, 0.717) is 39.1 Å². The predicted molar refractivity (Wildman–Crippen MR) is 124 cm³/mol. The van der Waals surface area contributed by atoms with Gasteiger partial charge in [-0.05, 0) is 36.1 Å². The normalized spacial score (nSPS) is 22.1. The van der Waals surface area contributed by atoms with Gasteiger partial charge in [-0.3, -0.25) is 4.79 Å². The molecule has 1 aliphatic heterocycles. The minimum atomic E-state index is -0.304. The number of hydrogen-bond acceptors (Lipinski definition) is 8. The van der Waals surface area contributed by atoms with Gasteiger partial charge in [0.15, 0.2) is 5.16 Å². The van der Waals surface area contributed by atoms with E-state index in [-0.39, 0.29) is 5.56 Å². The Morgan fingerprint density at radius 1 is 1.28 bits per heavy atom. The van der Waals surface area contributed by atoms with Gasteiger partial charge in [-0.25, -0.2) is 15.0 Å². The number of anilines is 1. The number of rotatable bonds is 4. The number of nitrogens with zero attached hydrogens (tertiary/aromatic N) is 6. The van der Waals surface area contributed by atoms with Crippen LogP contribution in [-0.4, -0.2) is 48.6 Å². The number of hydrogen-bond donors (Lipinski definition) is 2. The van der Waals surface area contributed by atoms with Crippen LogP contribution in [0.2, 0.25) is 5.02 Å². The zero-order valence-electron chi connectivity index (χ0n) is 17.5. The maximum absolute atomic E-state index is 12.2.